The van der Waals surface area contributed by atoms with Crippen LogP contribution in [0, 0.1) is 5.92 Å². The van der Waals surface area contributed by atoms with Crippen molar-refractivity contribution >= 4 is 28.9 Å². The minimum atomic E-state index is 0.0295. The summed E-state index contributed by atoms with van der Waals surface area (Å²) < 4.78 is 0. The fourth-order valence-corrected chi connectivity index (χ4v) is 1.68. The largest absolute Gasteiger partial charge is 0.397 e. The maximum absolute atomic E-state index is 11.5. The van der Waals surface area contributed by atoms with E-state index < -0.39 is 0 Å². The molecule has 0 unspecified atom stereocenters. The number of nitrogens with one attached hydrogen (secondary N) is 2. The Bertz CT molecular complexity index is 387. The van der Waals surface area contributed by atoms with Crippen LogP contribution in [0.3, 0.4) is 0 Å². The van der Waals surface area contributed by atoms with Gasteiger partial charge in [-0.15, -0.1) is 0 Å². The highest BCUT2D eigenvalue weighted by molar-refractivity contribution is 6.33. The van der Waals surface area contributed by atoms with Crippen molar-refractivity contribution in [1.82, 2.24) is 5.32 Å². The molecule has 1 aromatic carbocycles. The van der Waals surface area contributed by atoms with Crippen LogP contribution in [0.15, 0.2) is 18.2 Å². The summed E-state index contributed by atoms with van der Waals surface area (Å²) in [7, 11) is 0. The van der Waals surface area contributed by atoms with E-state index in [1.165, 1.54) is 0 Å². The second-order valence-corrected chi connectivity index (χ2v) is 4.99. The van der Waals surface area contributed by atoms with Gasteiger partial charge in [0.15, 0.2) is 0 Å². The molecule has 1 rings (SSSR count). The van der Waals surface area contributed by atoms with E-state index in [0.717, 1.165) is 0 Å². The molecule has 0 aliphatic heterocycles. The minimum absolute atomic E-state index is 0.0295. The number of amides is 1. The first-order valence-corrected chi connectivity index (χ1v) is 6.43. The standard InChI is InChI=1S/C13H20ClN3O/c1-9(2)8-17-12(18)6-7-16-13-10(14)4-3-5-11(13)15/h3-5,9,16H,6-8,15H2,1-2H3,(H,17,18). The number of rotatable bonds is 6. The lowest BCUT2D eigenvalue weighted by atomic mass is 10.2. The number of anilines is 2. The highest BCUT2D eigenvalue weighted by atomic mass is 35.5. The Morgan fingerprint density at radius 2 is 2.17 bits per heavy atom. The zero-order valence-corrected chi connectivity index (χ0v) is 11.6. The number of hydrogen-bond donors (Lipinski definition) is 3. The topological polar surface area (TPSA) is 67.2 Å². The first-order valence-electron chi connectivity index (χ1n) is 6.05. The Labute approximate surface area is 113 Å². The van der Waals surface area contributed by atoms with E-state index in [0.29, 0.717) is 41.8 Å². The molecule has 0 aliphatic rings. The van der Waals surface area contributed by atoms with Gasteiger partial charge in [-0.05, 0) is 18.1 Å². The second-order valence-electron chi connectivity index (χ2n) is 4.58. The lowest BCUT2D eigenvalue weighted by Crippen LogP contribution is -2.28. The maximum Gasteiger partial charge on any atom is 0.221 e. The van der Waals surface area contributed by atoms with Gasteiger partial charge in [-0.25, -0.2) is 0 Å². The Kier molecular flexibility index (Phi) is 5.78. The van der Waals surface area contributed by atoms with Gasteiger partial charge < -0.3 is 16.4 Å². The van der Waals surface area contributed by atoms with Crippen LogP contribution in [0.1, 0.15) is 20.3 Å². The summed E-state index contributed by atoms with van der Waals surface area (Å²) in [6.45, 7) is 5.33. The highest BCUT2D eigenvalue weighted by Gasteiger charge is 2.05. The maximum atomic E-state index is 11.5. The zero-order chi connectivity index (χ0) is 13.5. The number of halogens is 1. The van der Waals surface area contributed by atoms with Crippen LogP contribution in [0.4, 0.5) is 11.4 Å². The SMILES string of the molecule is CC(C)CNC(=O)CCNc1c(N)cccc1Cl. The molecule has 0 atom stereocenters. The van der Waals surface area contributed by atoms with Crippen molar-refractivity contribution < 1.29 is 4.79 Å². The summed E-state index contributed by atoms with van der Waals surface area (Å²) in [4.78, 5) is 11.5. The zero-order valence-electron chi connectivity index (χ0n) is 10.8. The monoisotopic (exact) mass is 269 g/mol. The van der Waals surface area contributed by atoms with Crippen molar-refractivity contribution in [2.45, 2.75) is 20.3 Å². The van der Waals surface area contributed by atoms with Gasteiger partial charge in [0, 0.05) is 19.5 Å². The molecule has 100 valence electrons. The van der Waals surface area contributed by atoms with Gasteiger partial charge in [-0.3, -0.25) is 4.79 Å². The fraction of sp³-hybridized carbons (Fsp3) is 0.462. The molecule has 0 radical (unpaired) electrons. The molecule has 0 saturated heterocycles. The summed E-state index contributed by atoms with van der Waals surface area (Å²) >= 11 is 6.00. The number of benzene rings is 1. The van der Waals surface area contributed by atoms with E-state index in [1.807, 2.05) is 0 Å². The summed E-state index contributed by atoms with van der Waals surface area (Å²) in [5.41, 5.74) is 7.07. The van der Waals surface area contributed by atoms with E-state index in [1.54, 1.807) is 18.2 Å². The lowest BCUT2D eigenvalue weighted by Gasteiger charge is -2.11. The van der Waals surface area contributed by atoms with Crippen LogP contribution < -0.4 is 16.4 Å². The lowest BCUT2D eigenvalue weighted by molar-refractivity contribution is -0.120. The smallest absolute Gasteiger partial charge is 0.221 e. The number of carbonyl (C=O) groups excluding carboxylic acids is 1. The Morgan fingerprint density at radius 3 is 2.78 bits per heavy atom. The molecule has 0 spiro atoms. The molecule has 0 saturated carbocycles. The number of nitrogen functional groups attached to an aromatic ring is 1. The third-order valence-electron chi connectivity index (χ3n) is 2.41. The molecule has 4 nitrogen and oxygen atoms in total. The van der Waals surface area contributed by atoms with Crippen LogP contribution in [0.25, 0.3) is 0 Å². The number of para-hydroxylation sites is 1. The summed E-state index contributed by atoms with van der Waals surface area (Å²) in [6.07, 6.45) is 0.400. The fourth-order valence-electron chi connectivity index (χ4n) is 1.43. The van der Waals surface area contributed by atoms with E-state index in [4.69, 9.17) is 17.3 Å². The van der Waals surface area contributed by atoms with Crippen LogP contribution in [-0.4, -0.2) is 19.0 Å². The molecule has 1 amide bonds. The molecule has 4 N–H and O–H groups in total. The van der Waals surface area contributed by atoms with Gasteiger partial charge in [0.2, 0.25) is 5.91 Å². The van der Waals surface area contributed by atoms with Crippen molar-refractivity contribution in [3.05, 3.63) is 23.2 Å². The van der Waals surface area contributed by atoms with Crippen molar-refractivity contribution in [3.63, 3.8) is 0 Å². The molecule has 0 fully saturated rings. The van der Waals surface area contributed by atoms with Gasteiger partial charge in [0.1, 0.15) is 0 Å². The normalized spacial score (nSPS) is 10.4. The van der Waals surface area contributed by atoms with Gasteiger partial charge in [-0.2, -0.15) is 0 Å². The van der Waals surface area contributed by atoms with Crippen LogP contribution in [-0.2, 0) is 4.79 Å². The van der Waals surface area contributed by atoms with Crippen molar-refractivity contribution in [2.24, 2.45) is 5.92 Å². The van der Waals surface area contributed by atoms with E-state index in [9.17, 15) is 4.79 Å². The van der Waals surface area contributed by atoms with E-state index in [2.05, 4.69) is 24.5 Å². The van der Waals surface area contributed by atoms with Crippen molar-refractivity contribution in [3.8, 4) is 0 Å². The second kappa shape index (κ2) is 7.11. The Balaban J connectivity index is 2.35. The van der Waals surface area contributed by atoms with Crippen LogP contribution in [0.2, 0.25) is 5.02 Å². The molecule has 0 bridgehead atoms. The highest BCUT2D eigenvalue weighted by Crippen LogP contribution is 2.27. The third-order valence-corrected chi connectivity index (χ3v) is 2.72. The van der Waals surface area contributed by atoms with Crippen LogP contribution in [0.5, 0.6) is 0 Å². The number of carbonyl (C=O) groups is 1. The minimum Gasteiger partial charge on any atom is -0.397 e. The molecule has 0 heterocycles. The number of nitrogens with two attached hydrogens (primary N) is 1. The van der Waals surface area contributed by atoms with Crippen LogP contribution >= 0.6 is 11.6 Å². The molecular formula is C13H20ClN3O. The molecule has 0 aromatic heterocycles. The van der Waals surface area contributed by atoms with Gasteiger partial charge >= 0.3 is 0 Å². The average Bonchev–Trinajstić information content (AvgIpc) is 2.30. The molecule has 18 heavy (non-hydrogen) atoms. The van der Waals surface area contributed by atoms with Gasteiger partial charge in [0.05, 0.1) is 16.4 Å². The first-order chi connectivity index (χ1) is 8.50. The van der Waals surface area contributed by atoms with E-state index >= 15 is 0 Å². The predicted molar refractivity (Wildman–Crippen MR) is 76.8 cm³/mol. The van der Waals surface area contributed by atoms with E-state index in [-0.39, 0.29) is 5.91 Å². The summed E-state index contributed by atoms with van der Waals surface area (Å²) in [5.74, 6) is 0.489. The summed E-state index contributed by atoms with van der Waals surface area (Å²) in [6, 6.07) is 5.32. The average molecular weight is 270 g/mol. The number of hydrogen-bond acceptors (Lipinski definition) is 3. The molecule has 1 aromatic rings. The summed E-state index contributed by atoms with van der Waals surface area (Å²) in [5, 5.41) is 6.50. The van der Waals surface area contributed by atoms with Crippen molar-refractivity contribution in [2.75, 3.05) is 24.1 Å². The molecule has 5 heteroatoms. The predicted octanol–water partition coefficient (Wildman–Crippen LogP) is 2.50. The Morgan fingerprint density at radius 1 is 1.44 bits per heavy atom. The molecular weight excluding hydrogens is 250 g/mol. The Hall–Kier alpha value is -1.42. The molecule has 0 aliphatic carbocycles. The third kappa shape index (κ3) is 4.84. The van der Waals surface area contributed by atoms with Crippen molar-refractivity contribution in [1.29, 1.82) is 0 Å². The van der Waals surface area contributed by atoms with Gasteiger partial charge in [0.25, 0.3) is 0 Å². The quantitative estimate of drug-likeness (QED) is 0.695. The van der Waals surface area contributed by atoms with Gasteiger partial charge in [-0.1, -0.05) is 31.5 Å². The first kappa shape index (κ1) is 14.6.